The van der Waals surface area contributed by atoms with Crippen molar-refractivity contribution in [1.82, 2.24) is 0 Å². The summed E-state index contributed by atoms with van der Waals surface area (Å²) < 4.78 is 0. The minimum absolute atomic E-state index is 0.117. The van der Waals surface area contributed by atoms with Crippen molar-refractivity contribution >= 4 is 11.9 Å². The highest BCUT2D eigenvalue weighted by molar-refractivity contribution is 5.77. The molecule has 0 aromatic heterocycles. The van der Waals surface area contributed by atoms with E-state index in [0.717, 1.165) is 44.9 Å². The lowest BCUT2D eigenvalue weighted by atomic mass is 9.88. The van der Waals surface area contributed by atoms with Crippen LogP contribution in [0.3, 0.4) is 0 Å². The number of carboxylic acid groups (broad SMARTS) is 2. The number of rotatable bonds is 27. The molecule has 0 amide bonds. The molecule has 0 aromatic carbocycles. The van der Waals surface area contributed by atoms with Crippen molar-refractivity contribution < 1.29 is 30.0 Å². The third kappa shape index (κ3) is 17.3. The van der Waals surface area contributed by atoms with Gasteiger partial charge in [-0.1, -0.05) is 129 Å². The molecule has 0 fully saturated rings. The highest BCUT2D eigenvalue weighted by atomic mass is 16.4. The van der Waals surface area contributed by atoms with Gasteiger partial charge in [0.05, 0.1) is 12.0 Å². The Labute approximate surface area is 221 Å². The van der Waals surface area contributed by atoms with Gasteiger partial charge < -0.3 is 20.4 Å². The van der Waals surface area contributed by atoms with E-state index in [2.05, 4.69) is 6.92 Å². The summed E-state index contributed by atoms with van der Waals surface area (Å²) in [5, 5.41) is 38.4. The summed E-state index contributed by atoms with van der Waals surface area (Å²) in [4.78, 5) is 22.4. The third-order valence-corrected chi connectivity index (χ3v) is 7.66. The highest BCUT2D eigenvalue weighted by Gasteiger charge is 2.41. The molecule has 0 saturated carbocycles. The Kier molecular flexibility index (Phi) is 22.3. The molecule has 0 aromatic rings. The third-order valence-electron chi connectivity index (χ3n) is 7.66. The molecule has 0 aliphatic heterocycles. The Balaban J connectivity index is 3.39. The van der Waals surface area contributed by atoms with Crippen molar-refractivity contribution in [3.63, 3.8) is 0 Å². The summed E-state index contributed by atoms with van der Waals surface area (Å²) in [7, 11) is 0. The predicted molar refractivity (Wildman–Crippen MR) is 147 cm³/mol. The molecule has 6 nitrogen and oxygen atoms in total. The number of aliphatic hydroxyl groups is 2. The Morgan fingerprint density at radius 2 is 0.972 bits per heavy atom. The first-order valence-corrected chi connectivity index (χ1v) is 15.2. The standard InChI is InChI=1S/C30H58O6/c1-3-23-26(28(32)33)24-21-19-17-15-13-11-9-7-5-6-8-10-12-14-16-18-20-22-25-30(36,29(34)35)27(31)4-2/h26-27,31,36H,3-25H2,1-2H3,(H,32,33)(H,34,35). The number of carbonyl (C=O) groups is 2. The van der Waals surface area contributed by atoms with E-state index in [1.54, 1.807) is 6.92 Å². The zero-order valence-corrected chi connectivity index (χ0v) is 23.5. The van der Waals surface area contributed by atoms with Crippen LogP contribution in [0.25, 0.3) is 0 Å². The number of aliphatic hydroxyl groups excluding tert-OH is 1. The number of aliphatic carboxylic acids is 2. The van der Waals surface area contributed by atoms with Crippen molar-refractivity contribution in [3.8, 4) is 0 Å². The second kappa shape index (κ2) is 23.0. The van der Waals surface area contributed by atoms with Crippen LogP contribution in [-0.2, 0) is 9.59 Å². The molecule has 0 rings (SSSR count). The van der Waals surface area contributed by atoms with Gasteiger partial charge in [0, 0.05) is 0 Å². The first-order valence-electron chi connectivity index (χ1n) is 15.2. The number of carboxylic acids is 2. The summed E-state index contributed by atoms with van der Waals surface area (Å²) in [6, 6.07) is 0. The van der Waals surface area contributed by atoms with Crippen LogP contribution in [0.15, 0.2) is 0 Å². The van der Waals surface area contributed by atoms with Gasteiger partial charge in [0.25, 0.3) is 0 Å². The lowest BCUT2D eigenvalue weighted by Crippen LogP contribution is -2.49. The maximum absolute atomic E-state index is 11.3. The van der Waals surface area contributed by atoms with Crippen LogP contribution in [-0.4, -0.2) is 44.1 Å². The zero-order valence-electron chi connectivity index (χ0n) is 23.5. The van der Waals surface area contributed by atoms with Gasteiger partial charge in [0.15, 0.2) is 5.60 Å². The van der Waals surface area contributed by atoms with E-state index in [9.17, 15) is 30.0 Å². The fraction of sp³-hybridized carbons (Fsp3) is 0.933. The summed E-state index contributed by atoms with van der Waals surface area (Å²) in [5.41, 5.74) is -2.00. The van der Waals surface area contributed by atoms with E-state index in [-0.39, 0.29) is 18.8 Å². The topological polar surface area (TPSA) is 115 Å². The average molecular weight is 515 g/mol. The summed E-state index contributed by atoms with van der Waals surface area (Å²) in [6.45, 7) is 3.74. The van der Waals surface area contributed by atoms with Gasteiger partial charge >= 0.3 is 11.9 Å². The van der Waals surface area contributed by atoms with E-state index in [1.807, 2.05) is 0 Å². The van der Waals surface area contributed by atoms with Gasteiger partial charge in [-0.2, -0.15) is 0 Å². The van der Waals surface area contributed by atoms with Crippen LogP contribution >= 0.6 is 0 Å². The minimum atomic E-state index is -2.00. The quantitative estimate of drug-likeness (QED) is 0.0829. The molecular weight excluding hydrogens is 456 g/mol. The maximum atomic E-state index is 11.3. The second-order valence-electron chi connectivity index (χ2n) is 10.9. The first-order chi connectivity index (χ1) is 17.3. The predicted octanol–water partition coefficient (Wildman–Crippen LogP) is 7.88. The van der Waals surface area contributed by atoms with Crippen LogP contribution in [0.5, 0.6) is 0 Å². The van der Waals surface area contributed by atoms with E-state index in [1.165, 1.54) is 83.5 Å². The van der Waals surface area contributed by atoms with Crippen LogP contribution in [0.1, 0.15) is 162 Å². The molecule has 214 valence electrons. The van der Waals surface area contributed by atoms with Crippen LogP contribution < -0.4 is 0 Å². The molecular formula is C30H58O6. The van der Waals surface area contributed by atoms with Gasteiger partial charge in [-0.25, -0.2) is 4.79 Å². The first kappa shape index (κ1) is 34.9. The van der Waals surface area contributed by atoms with Gasteiger partial charge in [0.2, 0.25) is 0 Å². The van der Waals surface area contributed by atoms with Crippen molar-refractivity contribution in [2.24, 2.45) is 5.92 Å². The van der Waals surface area contributed by atoms with Crippen molar-refractivity contribution in [2.75, 3.05) is 0 Å². The van der Waals surface area contributed by atoms with Crippen molar-refractivity contribution in [1.29, 1.82) is 0 Å². The monoisotopic (exact) mass is 514 g/mol. The number of hydrogen-bond acceptors (Lipinski definition) is 4. The molecule has 3 atom stereocenters. The zero-order chi connectivity index (χ0) is 27.1. The molecule has 0 radical (unpaired) electrons. The molecule has 36 heavy (non-hydrogen) atoms. The minimum Gasteiger partial charge on any atom is -0.481 e. The SMILES string of the molecule is CCCC(CCCCCCCCCCCCCCCCCCCCC(O)(C(=O)O)C(O)CC)C(=O)O. The summed E-state index contributed by atoms with van der Waals surface area (Å²) in [5.74, 6) is -2.08. The Hall–Kier alpha value is -1.14. The van der Waals surface area contributed by atoms with Gasteiger partial charge in [0.1, 0.15) is 0 Å². The van der Waals surface area contributed by atoms with Crippen LogP contribution in [0, 0.1) is 5.92 Å². The van der Waals surface area contributed by atoms with Crippen LogP contribution in [0.4, 0.5) is 0 Å². The molecule has 0 aliphatic carbocycles. The average Bonchev–Trinajstić information content (AvgIpc) is 2.85. The van der Waals surface area contributed by atoms with Gasteiger partial charge in [-0.15, -0.1) is 0 Å². The molecule has 4 N–H and O–H groups in total. The molecule has 0 bridgehead atoms. The fourth-order valence-corrected chi connectivity index (χ4v) is 5.11. The smallest absolute Gasteiger partial charge is 0.338 e. The lowest BCUT2D eigenvalue weighted by Gasteiger charge is -2.28. The summed E-state index contributed by atoms with van der Waals surface area (Å²) in [6.07, 6.45) is 23.3. The second-order valence-corrected chi connectivity index (χ2v) is 10.9. The summed E-state index contributed by atoms with van der Waals surface area (Å²) >= 11 is 0. The van der Waals surface area contributed by atoms with Crippen molar-refractivity contribution in [2.45, 2.75) is 173 Å². The number of unbranched alkanes of at least 4 members (excludes halogenated alkanes) is 17. The van der Waals surface area contributed by atoms with E-state index < -0.39 is 23.6 Å². The van der Waals surface area contributed by atoms with Crippen molar-refractivity contribution in [3.05, 3.63) is 0 Å². The van der Waals surface area contributed by atoms with E-state index in [4.69, 9.17) is 0 Å². The molecule has 0 spiro atoms. The maximum Gasteiger partial charge on any atom is 0.338 e. The van der Waals surface area contributed by atoms with E-state index in [0.29, 0.717) is 6.42 Å². The fourth-order valence-electron chi connectivity index (χ4n) is 5.11. The molecule has 3 unspecified atom stereocenters. The Bertz CT molecular complexity index is 538. The van der Waals surface area contributed by atoms with Gasteiger partial charge in [-0.3, -0.25) is 4.79 Å². The number of hydrogen-bond donors (Lipinski definition) is 4. The normalized spacial score (nSPS) is 14.9. The lowest BCUT2D eigenvalue weighted by molar-refractivity contribution is -0.173. The largest absolute Gasteiger partial charge is 0.481 e. The van der Waals surface area contributed by atoms with E-state index >= 15 is 0 Å². The highest BCUT2D eigenvalue weighted by Crippen LogP contribution is 2.23. The Morgan fingerprint density at radius 1 is 0.611 bits per heavy atom. The molecule has 0 heterocycles. The molecule has 0 saturated heterocycles. The molecule has 6 heteroatoms. The van der Waals surface area contributed by atoms with Gasteiger partial charge in [-0.05, 0) is 32.1 Å². The Morgan fingerprint density at radius 3 is 1.28 bits per heavy atom. The molecule has 0 aliphatic rings. The van der Waals surface area contributed by atoms with Crippen LogP contribution in [0.2, 0.25) is 0 Å².